The molecule has 1 atom stereocenters. The molecule has 4 rings (SSSR count). The zero-order valence-corrected chi connectivity index (χ0v) is 21.3. The average molecular weight is 517 g/mol. The highest BCUT2D eigenvalue weighted by atomic mass is 35.5. The first-order valence-corrected chi connectivity index (χ1v) is 13.9. The zero-order chi connectivity index (χ0) is 25.0. The van der Waals surface area contributed by atoms with E-state index in [1.54, 1.807) is 30.3 Å². The minimum absolute atomic E-state index is 0.0301. The van der Waals surface area contributed by atoms with Gasteiger partial charge in [0.2, 0.25) is 17.6 Å². The summed E-state index contributed by atoms with van der Waals surface area (Å²) in [4.78, 5) is 19.9. The van der Waals surface area contributed by atoms with Crippen molar-refractivity contribution in [2.45, 2.75) is 43.7 Å². The molecule has 1 saturated heterocycles. The average Bonchev–Trinajstić information content (AvgIpc) is 3.31. The molecular weight excluding hydrogens is 488 g/mol. The van der Waals surface area contributed by atoms with Gasteiger partial charge in [0.25, 0.3) is 0 Å². The van der Waals surface area contributed by atoms with E-state index in [0.29, 0.717) is 29.7 Å². The van der Waals surface area contributed by atoms with E-state index >= 15 is 0 Å². The van der Waals surface area contributed by atoms with Gasteiger partial charge >= 0.3 is 0 Å². The molecule has 1 amide bonds. The van der Waals surface area contributed by atoms with Crippen molar-refractivity contribution in [1.29, 1.82) is 0 Å². The van der Waals surface area contributed by atoms with E-state index in [-0.39, 0.29) is 22.8 Å². The lowest BCUT2D eigenvalue weighted by Crippen LogP contribution is -2.41. The maximum atomic E-state index is 12.9. The van der Waals surface area contributed by atoms with Gasteiger partial charge in [-0.15, -0.1) is 0 Å². The summed E-state index contributed by atoms with van der Waals surface area (Å²) in [6, 6.07) is 13.9. The maximum absolute atomic E-state index is 12.9. The van der Waals surface area contributed by atoms with E-state index in [2.05, 4.69) is 20.4 Å². The van der Waals surface area contributed by atoms with Gasteiger partial charge in [-0.05, 0) is 62.2 Å². The highest BCUT2D eigenvalue weighted by Crippen LogP contribution is 2.26. The predicted molar refractivity (Wildman–Crippen MR) is 133 cm³/mol. The van der Waals surface area contributed by atoms with Crippen LogP contribution in [0, 0.1) is 5.92 Å². The van der Waals surface area contributed by atoms with E-state index in [4.69, 9.17) is 16.1 Å². The van der Waals surface area contributed by atoms with Crippen molar-refractivity contribution in [2.24, 2.45) is 5.92 Å². The Morgan fingerprint density at radius 1 is 1.17 bits per heavy atom. The number of hydrogen-bond donors (Lipinski definition) is 1. The quantitative estimate of drug-likeness (QED) is 0.476. The van der Waals surface area contributed by atoms with Crippen molar-refractivity contribution in [2.75, 3.05) is 19.3 Å². The number of amides is 1. The van der Waals surface area contributed by atoms with E-state index in [9.17, 15) is 13.2 Å². The lowest BCUT2D eigenvalue weighted by Gasteiger charge is -2.31. The topological polar surface area (TPSA) is 105 Å². The number of nitrogens with one attached hydrogen (secondary N) is 1. The second-order valence-corrected chi connectivity index (χ2v) is 11.3. The number of sulfone groups is 1. The van der Waals surface area contributed by atoms with Crippen LogP contribution in [0.4, 0.5) is 0 Å². The second-order valence-electron chi connectivity index (χ2n) is 8.85. The van der Waals surface area contributed by atoms with E-state index in [1.807, 2.05) is 25.1 Å². The van der Waals surface area contributed by atoms with Crippen LogP contribution in [0.25, 0.3) is 11.4 Å². The van der Waals surface area contributed by atoms with Crippen LogP contribution in [0.15, 0.2) is 57.9 Å². The van der Waals surface area contributed by atoms with Crippen molar-refractivity contribution in [3.8, 4) is 11.4 Å². The van der Waals surface area contributed by atoms with Crippen LogP contribution in [-0.4, -0.2) is 48.7 Å². The number of piperidine rings is 1. The largest absolute Gasteiger partial charge is 0.349 e. The molecule has 35 heavy (non-hydrogen) atoms. The van der Waals surface area contributed by atoms with Gasteiger partial charge in [-0.2, -0.15) is 4.98 Å². The van der Waals surface area contributed by atoms with Crippen LogP contribution in [0.3, 0.4) is 0 Å². The maximum Gasteiger partial charge on any atom is 0.241 e. The summed E-state index contributed by atoms with van der Waals surface area (Å²) in [7, 11) is -3.25. The molecule has 0 spiro atoms. The van der Waals surface area contributed by atoms with E-state index in [1.165, 1.54) is 6.26 Å². The Morgan fingerprint density at radius 2 is 1.86 bits per heavy atom. The van der Waals surface area contributed by atoms with Gasteiger partial charge in [-0.1, -0.05) is 47.9 Å². The number of benzene rings is 2. The number of carbonyl (C=O) groups is 1. The lowest BCUT2D eigenvalue weighted by atomic mass is 9.94. The Morgan fingerprint density at radius 3 is 2.49 bits per heavy atom. The fourth-order valence-electron chi connectivity index (χ4n) is 4.27. The van der Waals surface area contributed by atoms with Gasteiger partial charge in [0, 0.05) is 17.7 Å². The first-order valence-electron chi connectivity index (χ1n) is 11.6. The Bertz CT molecular complexity index is 1270. The molecule has 1 fully saturated rings. The lowest BCUT2D eigenvalue weighted by molar-refractivity contribution is -0.127. The third-order valence-corrected chi connectivity index (χ3v) is 7.79. The molecular formula is C25H29ClN4O4S. The summed E-state index contributed by atoms with van der Waals surface area (Å²) in [5, 5.41) is 7.77. The molecule has 1 N–H and O–H groups in total. The van der Waals surface area contributed by atoms with Crippen molar-refractivity contribution < 1.29 is 17.7 Å². The molecule has 0 radical (unpaired) electrons. The van der Waals surface area contributed by atoms with Crippen LogP contribution < -0.4 is 5.32 Å². The molecule has 3 aromatic rings. The van der Waals surface area contributed by atoms with Gasteiger partial charge in [-0.25, -0.2) is 8.42 Å². The summed E-state index contributed by atoms with van der Waals surface area (Å²) < 4.78 is 28.8. The Balaban J connectivity index is 1.30. The molecule has 1 unspecified atom stereocenters. The molecule has 1 aliphatic rings. The van der Waals surface area contributed by atoms with Crippen LogP contribution in [-0.2, 0) is 21.2 Å². The molecule has 186 valence electrons. The third-order valence-electron chi connectivity index (χ3n) is 6.34. The molecule has 0 bridgehead atoms. The first kappa shape index (κ1) is 25.3. The molecule has 1 aromatic heterocycles. The Kier molecular flexibility index (Phi) is 7.88. The molecule has 0 aliphatic carbocycles. The van der Waals surface area contributed by atoms with Gasteiger partial charge in [0.05, 0.1) is 22.5 Å². The van der Waals surface area contributed by atoms with Crippen molar-refractivity contribution in [3.05, 3.63) is 65.0 Å². The number of likely N-dealkylation sites (tertiary alicyclic amines) is 1. The van der Waals surface area contributed by atoms with Gasteiger partial charge in [0.15, 0.2) is 9.84 Å². The van der Waals surface area contributed by atoms with Crippen LogP contribution >= 0.6 is 11.6 Å². The normalized spacial score (nSPS) is 16.2. The summed E-state index contributed by atoms with van der Waals surface area (Å²) in [5.41, 5.74) is 1.63. The Labute approximate surface area is 210 Å². The van der Waals surface area contributed by atoms with Crippen molar-refractivity contribution in [1.82, 2.24) is 20.4 Å². The standard InChI is InChI=1S/C25H29ClN4O4S/c1-3-22(17-8-10-19(11-9-17)35(2,32)33)27-25(31)18-12-14-30(15-13-18)16-23-28-24(29-34-23)20-6-4-5-7-21(20)26/h4-11,18,22H,3,12-16H2,1-2H3,(H,27,31). The fraction of sp³-hybridized carbons (Fsp3) is 0.400. The van der Waals surface area contributed by atoms with Gasteiger partial charge < -0.3 is 9.84 Å². The zero-order valence-electron chi connectivity index (χ0n) is 19.8. The molecule has 8 nitrogen and oxygen atoms in total. The van der Waals surface area contributed by atoms with Crippen LogP contribution in [0.1, 0.15) is 43.7 Å². The van der Waals surface area contributed by atoms with Crippen molar-refractivity contribution >= 4 is 27.3 Å². The molecule has 0 saturated carbocycles. The number of aromatic nitrogens is 2. The number of rotatable bonds is 8. The van der Waals surface area contributed by atoms with Crippen molar-refractivity contribution in [3.63, 3.8) is 0 Å². The third kappa shape index (κ3) is 6.28. The molecule has 1 aliphatic heterocycles. The second kappa shape index (κ2) is 10.9. The summed E-state index contributed by atoms with van der Waals surface area (Å²) in [6.45, 7) is 4.03. The molecule has 10 heteroatoms. The van der Waals surface area contributed by atoms with E-state index in [0.717, 1.165) is 37.1 Å². The van der Waals surface area contributed by atoms with Crippen LogP contribution in [0.5, 0.6) is 0 Å². The SMILES string of the molecule is CCC(NC(=O)C1CCN(Cc2nc(-c3ccccc3Cl)no2)CC1)c1ccc(S(C)(=O)=O)cc1. The molecule has 2 heterocycles. The minimum Gasteiger partial charge on any atom is -0.349 e. The minimum atomic E-state index is -3.25. The monoisotopic (exact) mass is 516 g/mol. The smallest absolute Gasteiger partial charge is 0.241 e. The summed E-state index contributed by atoms with van der Waals surface area (Å²) >= 11 is 6.22. The highest BCUT2D eigenvalue weighted by molar-refractivity contribution is 7.90. The van der Waals surface area contributed by atoms with E-state index < -0.39 is 9.84 Å². The number of carbonyl (C=O) groups excluding carboxylic acids is 1. The van der Waals surface area contributed by atoms with Crippen LogP contribution in [0.2, 0.25) is 5.02 Å². The predicted octanol–water partition coefficient (Wildman–Crippen LogP) is 4.27. The summed E-state index contributed by atoms with van der Waals surface area (Å²) in [5.74, 6) is 0.945. The number of halogens is 1. The van der Waals surface area contributed by atoms with Gasteiger partial charge in [-0.3, -0.25) is 9.69 Å². The van der Waals surface area contributed by atoms with Gasteiger partial charge in [0.1, 0.15) is 0 Å². The fourth-order valence-corrected chi connectivity index (χ4v) is 5.12. The Hall–Kier alpha value is -2.75. The summed E-state index contributed by atoms with van der Waals surface area (Å²) in [6.07, 6.45) is 3.37. The number of nitrogens with zero attached hydrogens (tertiary/aromatic N) is 3. The molecule has 2 aromatic carbocycles. The number of hydrogen-bond acceptors (Lipinski definition) is 7. The first-order chi connectivity index (χ1) is 16.7. The highest BCUT2D eigenvalue weighted by Gasteiger charge is 2.27.